The van der Waals surface area contributed by atoms with Gasteiger partial charge in [-0.2, -0.15) is 0 Å². The summed E-state index contributed by atoms with van der Waals surface area (Å²) >= 11 is 3.33. The van der Waals surface area contributed by atoms with Crippen LogP contribution in [0.3, 0.4) is 0 Å². The molecule has 0 aliphatic carbocycles. The van der Waals surface area contributed by atoms with Gasteiger partial charge in [-0.15, -0.1) is 0 Å². The summed E-state index contributed by atoms with van der Waals surface area (Å²) in [6.07, 6.45) is 3.98. The van der Waals surface area contributed by atoms with Gasteiger partial charge in [-0.1, -0.05) is 22.0 Å². The molecule has 2 saturated heterocycles. The standard InChI is InChI=1S/C21H26BrNO5/c1-21(2,3)28-20(25)23-13-5-6-14(23)10-16(9-13)26-15-7-4-12-8-17(22)19(24)27-18(12)11-15/h4,7,11,13-14,16-17H,5-6,8-10H2,1-3H3. The largest absolute Gasteiger partial charge is 0.490 e. The molecular weight excluding hydrogens is 426 g/mol. The number of amides is 1. The van der Waals surface area contributed by atoms with Crippen molar-refractivity contribution in [2.24, 2.45) is 0 Å². The van der Waals surface area contributed by atoms with Gasteiger partial charge in [-0.05, 0) is 51.7 Å². The average molecular weight is 452 g/mol. The van der Waals surface area contributed by atoms with Crippen molar-refractivity contribution >= 4 is 28.0 Å². The first-order valence-corrected chi connectivity index (χ1v) is 10.8. The number of benzene rings is 1. The van der Waals surface area contributed by atoms with Gasteiger partial charge in [0.05, 0.1) is 0 Å². The minimum atomic E-state index is -0.488. The molecule has 0 saturated carbocycles. The lowest BCUT2D eigenvalue weighted by atomic mass is 10.00. The molecule has 3 aliphatic heterocycles. The molecule has 1 amide bonds. The van der Waals surface area contributed by atoms with Gasteiger partial charge in [0.2, 0.25) is 0 Å². The average Bonchev–Trinajstić information content (AvgIpc) is 2.86. The van der Waals surface area contributed by atoms with Gasteiger partial charge < -0.3 is 19.1 Å². The maximum atomic E-state index is 12.6. The number of esters is 1. The normalized spacial score (nSPS) is 29.1. The first-order chi connectivity index (χ1) is 13.2. The number of rotatable bonds is 2. The van der Waals surface area contributed by atoms with Crippen molar-refractivity contribution in [2.75, 3.05) is 0 Å². The number of fused-ring (bicyclic) bond motifs is 3. The zero-order chi connectivity index (χ0) is 20.1. The molecule has 1 aromatic rings. The van der Waals surface area contributed by atoms with E-state index in [-0.39, 0.29) is 35.1 Å². The molecule has 6 nitrogen and oxygen atoms in total. The fraction of sp³-hybridized carbons (Fsp3) is 0.619. The van der Waals surface area contributed by atoms with E-state index >= 15 is 0 Å². The summed E-state index contributed by atoms with van der Waals surface area (Å²) in [4.78, 5) is 26.0. The predicted octanol–water partition coefficient (Wildman–Crippen LogP) is 4.22. The molecule has 4 rings (SSSR count). The molecule has 3 unspecified atom stereocenters. The number of hydrogen-bond donors (Lipinski definition) is 0. The Balaban J connectivity index is 1.41. The first-order valence-electron chi connectivity index (χ1n) is 9.86. The van der Waals surface area contributed by atoms with Crippen LogP contribution in [0.15, 0.2) is 18.2 Å². The second kappa shape index (κ2) is 7.25. The highest BCUT2D eigenvalue weighted by molar-refractivity contribution is 9.10. The molecule has 0 N–H and O–H groups in total. The third kappa shape index (κ3) is 4.00. The predicted molar refractivity (Wildman–Crippen MR) is 107 cm³/mol. The van der Waals surface area contributed by atoms with E-state index in [0.717, 1.165) is 31.2 Å². The smallest absolute Gasteiger partial charge is 0.410 e. The van der Waals surface area contributed by atoms with Crippen molar-refractivity contribution in [3.63, 3.8) is 0 Å². The van der Waals surface area contributed by atoms with E-state index < -0.39 is 5.60 Å². The molecule has 7 heteroatoms. The van der Waals surface area contributed by atoms with Crippen molar-refractivity contribution in [1.29, 1.82) is 0 Å². The summed E-state index contributed by atoms with van der Waals surface area (Å²) in [6, 6.07) is 6.00. The highest BCUT2D eigenvalue weighted by Crippen LogP contribution is 2.39. The van der Waals surface area contributed by atoms with Crippen LogP contribution in [-0.2, 0) is 16.0 Å². The van der Waals surface area contributed by atoms with Crippen molar-refractivity contribution in [1.82, 2.24) is 4.90 Å². The van der Waals surface area contributed by atoms with Gasteiger partial charge in [0.1, 0.15) is 28.0 Å². The second-order valence-electron chi connectivity index (χ2n) is 8.85. The van der Waals surface area contributed by atoms with E-state index in [9.17, 15) is 9.59 Å². The molecule has 152 valence electrons. The number of hydrogen-bond acceptors (Lipinski definition) is 5. The number of piperidine rings is 1. The van der Waals surface area contributed by atoms with Crippen LogP contribution in [0.1, 0.15) is 52.0 Å². The lowest BCUT2D eigenvalue weighted by Gasteiger charge is -2.39. The molecule has 3 aliphatic rings. The summed E-state index contributed by atoms with van der Waals surface area (Å²) in [5, 5.41) is 0. The fourth-order valence-corrected chi connectivity index (χ4v) is 4.79. The zero-order valence-electron chi connectivity index (χ0n) is 16.4. The zero-order valence-corrected chi connectivity index (χ0v) is 18.0. The third-order valence-electron chi connectivity index (χ3n) is 5.50. The Kier molecular flexibility index (Phi) is 5.06. The Morgan fingerprint density at radius 2 is 1.89 bits per heavy atom. The van der Waals surface area contributed by atoms with Gasteiger partial charge in [-0.25, -0.2) is 4.79 Å². The van der Waals surface area contributed by atoms with E-state index in [1.807, 2.05) is 37.8 Å². The van der Waals surface area contributed by atoms with Crippen LogP contribution in [0.5, 0.6) is 11.5 Å². The van der Waals surface area contributed by atoms with Crippen LogP contribution < -0.4 is 9.47 Å². The highest BCUT2D eigenvalue weighted by atomic mass is 79.9. The number of ether oxygens (including phenoxy) is 3. The summed E-state index contributed by atoms with van der Waals surface area (Å²) in [6.45, 7) is 5.68. The summed E-state index contributed by atoms with van der Waals surface area (Å²) in [7, 11) is 0. The summed E-state index contributed by atoms with van der Waals surface area (Å²) in [5.74, 6) is 1.01. The van der Waals surface area contributed by atoms with E-state index in [1.165, 1.54) is 0 Å². The second-order valence-corrected chi connectivity index (χ2v) is 9.95. The Hall–Kier alpha value is -1.76. The van der Waals surface area contributed by atoms with Crippen molar-refractivity contribution in [2.45, 2.75) is 81.5 Å². The quantitative estimate of drug-likeness (QED) is 0.382. The van der Waals surface area contributed by atoms with E-state index in [2.05, 4.69) is 15.9 Å². The number of carbonyl (C=O) groups is 2. The summed E-state index contributed by atoms with van der Waals surface area (Å²) in [5.41, 5.74) is 0.507. The van der Waals surface area contributed by atoms with E-state index in [0.29, 0.717) is 17.9 Å². The van der Waals surface area contributed by atoms with Gasteiger partial charge >= 0.3 is 12.1 Å². The van der Waals surface area contributed by atoms with Crippen LogP contribution in [-0.4, -0.2) is 45.6 Å². The van der Waals surface area contributed by atoms with Gasteiger partial charge in [0, 0.05) is 31.0 Å². The number of nitrogens with zero attached hydrogens (tertiary/aromatic N) is 1. The van der Waals surface area contributed by atoms with Crippen LogP contribution in [0.4, 0.5) is 4.79 Å². The number of alkyl halides is 1. The lowest BCUT2D eigenvalue weighted by Crippen LogP contribution is -2.50. The maximum absolute atomic E-state index is 12.6. The molecule has 2 fully saturated rings. The van der Waals surface area contributed by atoms with Crippen molar-refractivity contribution in [3.05, 3.63) is 23.8 Å². The van der Waals surface area contributed by atoms with E-state index in [4.69, 9.17) is 14.2 Å². The molecule has 0 spiro atoms. The van der Waals surface area contributed by atoms with Crippen molar-refractivity contribution in [3.8, 4) is 11.5 Å². The molecular formula is C21H26BrNO5. The molecule has 0 aromatic heterocycles. The molecule has 2 bridgehead atoms. The van der Waals surface area contributed by atoms with Crippen LogP contribution in [0, 0.1) is 0 Å². The number of carbonyl (C=O) groups excluding carboxylic acids is 2. The minimum Gasteiger partial charge on any atom is -0.490 e. The molecule has 3 atom stereocenters. The first kappa shape index (κ1) is 19.6. The molecule has 28 heavy (non-hydrogen) atoms. The lowest BCUT2D eigenvalue weighted by molar-refractivity contribution is -0.134. The Morgan fingerprint density at radius 1 is 1.21 bits per heavy atom. The Bertz CT molecular complexity index is 775. The Labute approximate surface area is 173 Å². The van der Waals surface area contributed by atoms with Gasteiger partial charge in [-0.3, -0.25) is 4.79 Å². The number of halogens is 1. The van der Waals surface area contributed by atoms with Crippen LogP contribution >= 0.6 is 15.9 Å². The monoisotopic (exact) mass is 451 g/mol. The minimum absolute atomic E-state index is 0.0393. The SMILES string of the molecule is CC(C)(C)OC(=O)N1C2CCC1CC(Oc1ccc3c(c1)OC(=O)C(Br)C3)C2. The molecule has 1 aromatic carbocycles. The van der Waals surface area contributed by atoms with Gasteiger partial charge in [0.15, 0.2) is 0 Å². The van der Waals surface area contributed by atoms with Crippen LogP contribution in [0.2, 0.25) is 0 Å². The maximum Gasteiger partial charge on any atom is 0.410 e. The molecule has 3 heterocycles. The summed E-state index contributed by atoms with van der Waals surface area (Å²) < 4.78 is 17.2. The topological polar surface area (TPSA) is 65.1 Å². The Morgan fingerprint density at radius 3 is 2.54 bits per heavy atom. The van der Waals surface area contributed by atoms with Crippen LogP contribution in [0.25, 0.3) is 0 Å². The molecule has 0 radical (unpaired) electrons. The van der Waals surface area contributed by atoms with Gasteiger partial charge in [0.25, 0.3) is 0 Å². The van der Waals surface area contributed by atoms with Crippen molar-refractivity contribution < 1.29 is 23.8 Å². The fourth-order valence-electron chi connectivity index (χ4n) is 4.35. The third-order valence-corrected chi connectivity index (χ3v) is 6.20. The van der Waals surface area contributed by atoms with E-state index in [1.54, 1.807) is 6.07 Å². The highest BCUT2D eigenvalue weighted by Gasteiger charge is 2.45.